The number of carboxylic acids is 5. The summed E-state index contributed by atoms with van der Waals surface area (Å²) in [6.45, 7) is -5.43. The average Bonchev–Trinajstić information content (AvgIpc) is 3.45. The van der Waals surface area contributed by atoms with E-state index < -0.39 is 101 Å². The fourth-order valence-corrected chi connectivity index (χ4v) is 7.21. The lowest BCUT2D eigenvalue weighted by Gasteiger charge is -2.34. The molecule has 0 aromatic heterocycles. The predicted molar refractivity (Wildman–Crippen MR) is 175 cm³/mol. The summed E-state index contributed by atoms with van der Waals surface area (Å²) in [5, 5.41) is 46.8. The van der Waals surface area contributed by atoms with Crippen molar-refractivity contribution in [2.75, 3.05) is 59.0 Å². The lowest BCUT2D eigenvalue weighted by atomic mass is 9.73. The van der Waals surface area contributed by atoms with E-state index in [2.05, 4.69) is 0 Å². The van der Waals surface area contributed by atoms with Gasteiger partial charge < -0.3 is 30.4 Å². The van der Waals surface area contributed by atoms with Crippen LogP contribution < -0.4 is 0 Å². The predicted octanol–water partition coefficient (Wildman–Crippen LogP) is 1.36. The van der Waals surface area contributed by atoms with E-state index in [1.807, 2.05) is 60.7 Å². The monoisotopic (exact) mass is 723 g/mol. The zero-order valence-electron chi connectivity index (χ0n) is 27.2. The highest BCUT2D eigenvalue weighted by Gasteiger charge is 2.45. The van der Waals surface area contributed by atoms with Gasteiger partial charge in [0.1, 0.15) is 0 Å². The Morgan fingerprint density at radius 2 is 1.16 bits per heavy atom. The highest BCUT2D eigenvalue weighted by molar-refractivity contribution is 7.47. The summed E-state index contributed by atoms with van der Waals surface area (Å²) in [6.07, 6.45) is 0.570. The van der Waals surface area contributed by atoms with Crippen molar-refractivity contribution < 1.29 is 68.0 Å². The number of aliphatic carboxylic acids is 5. The molecule has 2 aromatic carbocycles. The van der Waals surface area contributed by atoms with Crippen molar-refractivity contribution >= 4 is 37.7 Å². The quantitative estimate of drug-likeness (QED) is 0.0885. The molecule has 0 bridgehead atoms. The van der Waals surface area contributed by atoms with Crippen molar-refractivity contribution in [3.8, 4) is 0 Å². The molecule has 0 heterocycles. The van der Waals surface area contributed by atoms with Crippen molar-refractivity contribution in [3.63, 3.8) is 0 Å². The average molecular weight is 724 g/mol. The van der Waals surface area contributed by atoms with Crippen molar-refractivity contribution in [3.05, 3.63) is 71.8 Å². The summed E-state index contributed by atoms with van der Waals surface area (Å²) in [6, 6.07) is 18.0. The first-order chi connectivity index (χ1) is 23.6. The summed E-state index contributed by atoms with van der Waals surface area (Å²) in [5.41, 5.74) is 1.46. The number of carboxylic acid groups (broad SMARTS) is 5. The van der Waals surface area contributed by atoms with Gasteiger partial charge >= 0.3 is 37.7 Å². The molecule has 0 spiro atoms. The zero-order chi connectivity index (χ0) is 36.9. The number of carbonyl (C=O) groups is 5. The fourth-order valence-electron chi connectivity index (χ4n) is 6.23. The molecule has 3 atom stereocenters. The lowest BCUT2D eigenvalue weighted by Crippen LogP contribution is -2.52. The molecule has 0 amide bonds. The Morgan fingerprint density at radius 1 is 0.720 bits per heavy atom. The van der Waals surface area contributed by atoms with Gasteiger partial charge in [-0.25, -0.2) is 4.57 Å². The molecule has 6 N–H and O–H groups in total. The van der Waals surface area contributed by atoms with Crippen LogP contribution in [0.1, 0.15) is 30.4 Å². The van der Waals surface area contributed by atoms with Crippen molar-refractivity contribution in [1.82, 2.24) is 14.7 Å². The Labute approximate surface area is 287 Å². The molecule has 1 saturated carbocycles. The molecule has 18 heteroatoms. The van der Waals surface area contributed by atoms with Crippen LogP contribution in [0.5, 0.6) is 0 Å². The smallest absolute Gasteiger partial charge is 0.472 e. The van der Waals surface area contributed by atoms with Crippen LogP contribution in [-0.2, 0) is 43.0 Å². The molecule has 0 aliphatic heterocycles. The van der Waals surface area contributed by atoms with Gasteiger partial charge in [-0.05, 0) is 30.4 Å². The molecular weight excluding hydrogens is 681 g/mol. The number of rotatable bonds is 23. The highest BCUT2D eigenvalue weighted by Crippen LogP contribution is 2.53. The van der Waals surface area contributed by atoms with E-state index in [1.54, 1.807) is 0 Å². The number of benzene rings is 2. The fraction of sp³-hybridized carbons (Fsp3) is 0.469. The Morgan fingerprint density at radius 3 is 1.62 bits per heavy atom. The molecule has 17 nitrogen and oxygen atoms in total. The van der Waals surface area contributed by atoms with Gasteiger partial charge in [0, 0.05) is 31.1 Å². The molecule has 1 aliphatic rings. The Kier molecular flexibility index (Phi) is 15.0. The molecule has 0 saturated heterocycles. The molecule has 274 valence electrons. The summed E-state index contributed by atoms with van der Waals surface area (Å²) < 4.78 is 24.3. The van der Waals surface area contributed by atoms with Gasteiger partial charge in [0.15, 0.2) is 0 Å². The Bertz CT molecular complexity index is 1440. The van der Waals surface area contributed by atoms with Crippen LogP contribution in [-0.4, -0.2) is 146 Å². The molecule has 2 unspecified atom stereocenters. The summed E-state index contributed by atoms with van der Waals surface area (Å²) >= 11 is 0. The number of phosphoric ester groups is 1. The van der Waals surface area contributed by atoms with E-state index >= 15 is 0 Å². The van der Waals surface area contributed by atoms with Crippen molar-refractivity contribution in [2.24, 2.45) is 0 Å². The molecule has 1 fully saturated rings. The maximum absolute atomic E-state index is 13.3. The number of hydrogen-bond donors (Lipinski definition) is 6. The van der Waals surface area contributed by atoms with E-state index in [9.17, 15) is 48.8 Å². The SMILES string of the molecule is O=C(O)CN(CCN(CC(=O)O)CC(COP(=O)(O)O[C@@H]1CCC(c2ccccc2)(c2ccccc2)C1)N(CC(=O)O)CC(=O)O)CC(=O)O. The van der Waals surface area contributed by atoms with Crippen LogP contribution >= 0.6 is 7.82 Å². The summed E-state index contributed by atoms with van der Waals surface area (Å²) in [7, 11) is -4.87. The van der Waals surface area contributed by atoms with Crippen LogP contribution in [0, 0.1) is 0 Å². The normalized spacial score (nSPS) is 17.4. The maximum atomic E-state index is 13.3. The van der Waals surface area contributed by atoms with Gasteiger partial charge in [-0.3, -0.25) is 47.7 Å². The lowest BCUT2D eigenvalue weighted by molar-refractivity contribution is -0.145. The molecular formula is C32H42N3O14P. The number of hydrogen-bond acceptors (Lipinski definition) is 11. The van der Waals surface area contributed by atoms with Gasteiger partial charge in [-0.1, -0.05) is 60.7 Å². The first kappa shape index (κ1) is 40.2. The number of nitrogens with zero attached hydrogens (tertiary/aromatic N) is 3. The van der Waals surface area contributed by atoms with Crippen LogP contribution in [0.2, 0.25) is 0 Å². The molecule has 2 aromatic rings. The van der Waals surface area contributed by atoms with E-state index in [1.165, 1.54) is 4.90 Å². The van der Waals surface area contributed by atoms with Gasteiger partial charge in [0.05, 0.1) is 45.4 Å². The third-order valence-electron chi connectivity index (χ3n) is 8.31. The van der Waals surface area contributed by atoms with Crippen molar-refractivity contribution in [2.45, 2.75) is 36.8 Å². The number of phosphoric acid groups is 1. The van der Waals surface area contributed by atoms with E-state index in [0.29, 0.717) is 19.3 Å². The third-order valence-corrected chi connectivity index (χ3v) is 9.35. The minimum Gasteiger partial charge on any atom is -0.480 e. The van der Waals surface area contributed by atoms with E-state index in [-0.39, 0.29) is 13.1 Å². The Hall–Kier alpha value is -4.22. The van der Waals surface area contributed by atoms with Gasteiger partial charge in [0.2, 0.25) is 0 Å². The minimum absolute atomic E-state index is 0.242. The van der Waals surface area contributed by atoms with Crippen LogP contribution in [0.3, 0.4) is 0 Å². The second-order valence-electron chi connectivity index (χ2n) is 12.0. The van der Waals surface area contributed by atoms with E-state index in [4.69, 9.17) is 19.3 Å². The second kappa shape index (κ2) is 18.7. The molecule has 0 radical (unpaired) electrons. The first-order valence-electron chi connectivity index (χ1n) is 15.6. The van der Waals surface area contributed by atoms with Gasteiger partial charge in [0.25, 0.3) is 0 Å². The van der Waals surface area contributed by atoms with E-state index in [0.717, 1.165) is 20.9 Å². The first-order valence-corrected chi connectivity index (χ1v) is 17.1. The topological polar surface area (TPSA) is 252 Å². The molecule has 1 aliphatic carbocycles. The highest BCUT2D eigenvalue weighted by atomic mass is 31.2. The molecule has 3 rings (SSSR count). The minimum atomic E-state index is -4.87. The second-order valence-corrected chi connectivity index (χ2v) is 13.4. The standard InChI is InChI=1S/C32H42N3O14P/c36-27(37)17-33(13-14-34(18-28(38)39)19-29(40)41)16-25(35(20-30(42)43)21-31(44)45)22-48-50(46,47)49-26-11-12-32(15-26,23-7-3-1-4-8-23)24-9-5-2-6-10-24/h1-10,25-26H,11-22H2,(H,36,37)(H,38,39)(H,40,41)(H,42,43)(H,44,45)(H,46,47)/t25?,26-/m1/s1. The van der Waals surface area contributed by atoms with Crippen LogP contribution in [0.25, 0.3) is 0 Å². The Balaban J connectivity index is 1.81. The largest absolute Gasteiger partial charge is 0.480 e. The van der Waals surface area contributed by atoms with Gasteiger partial charge in [-0.2, -0.15) is 0 Å². The molecule has 50 heavy (non-hydrogen) atoms. The summed E-state index contributed by atoms with van der Waals surface area (Å²) in [4.78, 5) is 71.5. The zero-order valence-corrected chi connectivity index (χ0v) is 28.0. The maximum Gasteiger partial charge on any atom is 0.472 e. The van der Waals surface area contributed by atoms with Gasteiger partial charge in [-0.15, -0.1) is 0 Å². The van der Waals surface area contributed by atoms with Crippen LogP contribution in [0.15, 0.2) is 60.7 Å². The van der Waals surface area contributed by atoms with Crippen molar-refractivity contribution in [1.29, 1.82) is 0 Å². The van der Waals surface area contributed by atoms with Crippen LogP contribution in [0.4, 0.5) is 0 Å². The summed E-state index contributed by atoms with van der Waals surface area (Å²) in [5.74, 6) is -6.90. The third kappa shape index (κ3) is 12.9.